The summed E-state index contributed by atoms with van der Waals surface area (Å²) in [5.41, 5.74) is 24.5. The third kappa shape index (κ3) is 15.5. The maximum Gasteiger partial charge on any atom is 0.316 e. The highest BCUT2D eigenvalue weighted by molar-refractivity contribution is 5.95. The molecule has 16 N–H and O–H groups in total. The van der Waals surface area contributed by atoms with Crippen LogP contribution in [0.4, 0.5) is 4.79 Å². The predicted octanol–water partition coefficient (Wildman–Crippen LogP) is -2.51. The maximum absolute atomic E-state index is 13.8. The second-order valence-electron chi connectivity index (χ2n) is 14.3. The van der Waals surface area contributed by atoms with Crippen molar-refractivity contribution in [2.45, 2.75) is 88.4 Å². The van der Waals surface area contributed by atoms with Gasteiger partial charge >= 0.3 is 6.03 Å². The number of likely N-dealkylation sites (N-methyl/N-ethyl adjacent to an activating group) is 1. The van der Waals surface area contributed by atoms with E-state index in [9.17, 15) is 33.6 Å². The van der Waals surface area contributed by atoms with Crippen LogP contribution in [0.25, 0.3) is 10.9 Å². The SMILES string of the molecule is CN1CCCCNC(=O)NCN(C(=O)[C@@H](N)Cc2c[nH]c3ccccc23)CC(=O)NC(CCC(N)=O)C(=O)N[C@@H](CCCCN)C(=O)NC(CCCNC(=N)N)C1=O. The van der Waals surface area contributed by atoms with Gasteiger partial charge in [0, 0.05) is 50.2 Å². The first-order valence-corrected chi connectivity index (χ1v) is 19.5. The lowest BCUT2D eigenvalue weighted by molar-refractivity contribution is -0.138. The molecule has 0 saturated carbocycles. The minimum absolute atomic E-state index is 0.109. The van der Waals surface area contributed by atoms with Gasteiger partial charge < -0.3 is 69.6 Å². The third-order valence-electron chi connectivity index (χ3n) is 9.60. The smallest absolute Gasteiger partial charge is 0.316 e. The molecule has 2 unspecified atom stereocenters. The Morgan fingerprint density at radius 2 is 1.60 bits per heavy atom. The molecule has 4 atom stereocenters. The highest BCUT2D eigenvalue weighted by Gasteiger charge is 2.32. The highest BCUT2D eigenvalue weighted by atomic mass is 16.2. The predicted molar refractivity (Wildman–Crippen MR) is 216 cm³/mol. The van der Waals surface area contributed by atoms with Crippen molar-refractivity contribution in [1.29, 1.82) is 5.41 Å². The molecular formula is C37H60N14O7. The van der Waals surface area contributed by atoms with Gasteiger partial charge in [0.25, 0.3) is 0 Å². The number of carbonyl (C=O) groups excluding carboxylic acids is 7. The van der Waals surface area contributed by atoms with E-state index in [0.717, 1.165) is 21.4 Å². The number of urea groups is 1. The van der Waals surface area contributed by atoms with Gasteiger partial charge in [-0.05, 0) is 76.0 Å². The van der Waals surface area contributed by atoms with Gasteiger partial charge in [-0.1, -0.05) is 18.2 Å². The lowest BCUT2D eigenvalue weighted by atomic mass is 10.0. The fourth-order valence-electron chi connectivity index (χ4n) is 6.41. The van der Waals surface area contributed by atoms with Gasteiger partial charge in [0.15, 0.2) is 5.96 Å². The van der Waals surface area contributed by atoms with Crippen LogP contribution in [0.1, 0.15) is 63.4 Å². The van der Waals surface area contributed by atoms with E-state index in [-0.39, 0.29) is 57.1 Å². The zero-order valence-electron chi connectivity index (χ0n) is 33.1. The molecule has 0 spiro atoms. The van der Waals surface area contributed by atoms with Crippen LogP contribution in [0.3, 0.4) is 0 Å². The minimum atomic E-state index is -1.38. The summed E-state index contributed by atoms with van der Waals surface area (Å²) < 4.78 is 0. The van der Waals surface area contributed by atoms with E-state index in [0.29, 0.717) is 45.2 Å². The molecule has 21 heteroatoms. The molecule has 0 bridgehead atoms. The summed E-state index contributed by atoms with van der Waals surface area (Å²) in [5.74, 6) is -4.33. The number of hydrogen-bond donors (Lipinski definition) is 12. The molecule has 0 aliphatic carbocycles. The number of fused-ring (bicyclic) bond motifs is 1. The molecule has 1 aromatic carbocycles. The molecule has 1 fully saturated rings. The molecule has 3 rings (SSSR count). The molecule has 1 aliphatic heterocycles. The van der Waals surface area contributed by atoms with E-state index in [2.05, 4.69) is 36.9 Å². The number of unbranched alkanes of at least 4 members (excludes halogenated alkanes) is 1. The number of aromatic nitrogens is 1. The normalized spacial score (nSPS) is 20.1. The number of H-pyrrole nitrogens is 1. The van der Waals surface area contributed by atoms with Crippen molar-refractivity contribution in [2.24, 2.45) is 22.9 Å². The van der Waals surface area contributed by atoms with Crippen molar-refractivity contribution in [2.75, 3.05) is 46.4 Å². The quantitative estimate of drug-likeness (QED) is 0.0537. The first-order valence-electron chi connectivity index (χ1n) is 19.5. The van der Waals surface area contributed by atoms with E-state index in [1.807, 2.05) is 24.3 Å². The van der Waals surface area contributed by atoms with Gasteiger partial charge in [-0.25, -0.2) is 4.79 Å². The van der Waals surface area contributed by atoms with Gasteiger partial charge in [-0.2, -0.15) is 0 Å². The fraction of sp³-hybridized carbons (Fsp3) is 0.568. The third-order valence-corrected chi connectivity index (χ3v) is 9.60. The molecule has 0 radical (unpaired) electrons. The molecule has 21 nitrogen and oxygen atoms in total. The summed E-state index contributed by atoms with van der Waals surface area (Å²) in [6.45, 7) is 0.0638. The standard InChI is InChI=1S/C37H60N14O7/c1-50-18-7-6-16-44-37(58)46-22-51(34(56)25(39)19-23-20-45-26-10-3-2-9-24(23)26)21-31(53)47-28(13-14-30(40)52)33(55)48-27(11-4-5-15-38)32(54)49-29(35(50)57)12-8-17-43-36(41)42/h2-3,9-10,20,25,27-29,45H,4-8,11-19,21-22,38-39H2,1H3,(H2,40,52)(H,47,53)(H,48,55)(H,49,54)(H4,41,42,43)(H2,44,46,58)/t25-,27-,28?,29?/m0/s1. The van der Waals surface area contributed by atoms with E-state index in [1.54, 1.807) is 13.2 Å². The Bertz CT molecular complexity index is 1740. The molecular weight excluding hydrogens is 752 g/mol. The number of aromatic amines is 1. The average molecular weight is 813 g/mol. The van der Waals surface area contributed by atoms with Crippen molar-refractivity contribution in [3.8, 4) is 0 Å². The number of rotatable bonds is 14. The summed E-state index contributed by atoms with van der Waals surface area (Å²) >= 11 is 0. The molecule has 1 aromatic heterocycles. The Labute approximate surface area is 337 Å². The maximum atomic E-state index is 13.8. The summed E-state index contributed by atoms with van der Waals surface area (Å²) in [6, 6.07) is 2.18. The van der Waals surface area contributed by atoms with Crippen LogP contribution in [0.15, 0.2) is 30.5 Å². The van der Waals surface area contributed by atoms with Gasteiger partial charge in [0.2, 0.25) is 35.4 Å². The number of nitrogens with one attached hydrogen (secondary N) is 8. The Balaban J connectivity index is 1.90. The summed E-state index contributed by atoms with van der Waals surface area (Å²) in [5, 5.41) is 24.2. The lowest BCUT2D eigenvalue weighted by Crippen LogP contribution is -2.58. The minimum Gasteiger partial charge on any atom is -0.370 e. The van der Waals surface area contributed by atoms with E-state index in [4.69, 9.17) is 28.3 Å². The van der Waals surface area contributed by atoms with Crippen LogP contribution < -0.4 is 54.8 Å². The van der Waals surface area contributed by atoms with Crippen LogP contribution in [0, 0.1) is 5.41 Å². The molecule has 1 aliphatic rings. The van der Waals surface area contributed by atoms with Gasteiger partial charge in [0.1, 0.15) is 24.7 Å². The number of nitrogens with zero attached hydrogens (tertiary/aromatic N) is 2. The molecule has 2 heterocycles. The molecule has 2 aromatic rings. The van der Waals surface area contributed by atoms with Crippen LogP contribution in [-0.4, -0.2) is 133 Å². The van der Waals surface area contributed by atoms with Crippen LogP contribution in [0.2, 0.25) is 0 Å². The number of hydrogen-bond acceptors (Lipinski definition) is 10. The average Bonchev–Trinajstić information content (AvgIpc) is 3.59. The van der Waals surface area contributed by atoms with Crippen LogP contribution in [-0.2, 0) is 35.2 Å². The number of primary amides is 1. The van der Waals surface area contributed by atoms with Crippen molar-refractivity contribution >= 4 is 58.3 Å². The van der Waals surface area contributed by atoms with E-state index in [1.165, 1.54) is 4.90 Å². The van der Waals surface area contributed by atoms with E-state index < -0.39 is 72.9 Å². The number of para-hydroxylation sites is 1. The summed E-state index contributed by atoms with van der Waals surface area (Å²) in [4.78, 5) is 99.0. The lowest BCUT2D eigenvalue weighted by Gasteiger charge is -2.28. The summed E-state index contributed by atoms with van der Waals surface area (Å²) in [7, 11) is 1.59. The van der Waals surface area contributed by atoms with Crippen molar-refractivity contribution in [3.63, 3.8) is 0 Å². The van der Waals surface area contributed by atoms with Gasteiger partial charge in [0.05, 0.1) is 12.7 Å². The van der Waals surface area contributed by atoms with Crippen molar-refractivity contribution < 1.29 is 33.6 Å². The topological polar surface area (TPSA) is 342 Å². The van der Waals surface area contributed by atoms with Crippen molar-refractivity contribution in [3.05, 3.63) is 36.0 Å². The summed E-state index contributed by atoms with van der Waals surface area (Å²) in [6.07, 6.45) is 3.92. The second kappa shape index (κ2) is 24.0. The first-order chi connectivity index (χ1) is 27.7. The van der Waals surface area contributed by atoms with Crippen LogP contribution >= 0.6 is 0 Å². The first kappa shape index (κ1) is 46.4. The zero-order chi connectivity index (χ0) is 42.6. The molecule has 1 saturated heterocycles. The Hall–Kier alpha value is -5.96. The molecule has 58 heavy (non-hydrogen) atoms. The number of amides is 8. The highest BCUT2D eigenvalue weighted by Crippen LogP contribution is 2.19. The monoisotopic (exact) mass is 812 g/mol. The Kier molecular flexibility index (Phi) is 19.2. The largest absolute Gasteiger partial charge is 0.370 e. The fourth-order valence-corrected chi connectivity index (χ4v) is 6.41. The number of benzene rings is 1. The van der Waals surface area contributed by atoms with Crippen LogP contribution in [0.5, 0.6) is 0 Å². The number of nitrogens with two attached hydrogens (primary N) is 4. The number of carbonyl (C=O) groups is 7. The molecule has 8 amide bonds. The zero-order valence-corrected chi connectivity index (χ0v) is 33.1. The Morgan fingerprint density at radius 3 is 2.31 bits per heavy atom. The van der Waals surface area contributed by atoms with Crippen molar-refractivity contribution in [1.82, 2.24) is 46.7 Å². The molecule has 320 valence electrons. The number of guanidine groups is 1. The Morgan fingerprint density at radius 1 is 0.914 bits per heavy atom. The van der Waals surface area contributed by atoms with E-state index >= 15 is 0 Å². The van der Waals surface area contributed by atoms with Gasteiger partial charge in [-0.3, -0.25) is 34.2 Å². The second-order valence-corrected chi connectivity index (χ2v) is 14.3. The van der Waals surface area contributed by atoms with Gasteiger partial charge in [-0.15, -0.1) is 0 Å².